The Bertz CT molecular complexity index is 1940. The molecule has 3 aromatic carbocycles. The van der Waals surface area contributed by atoms with Gasteiger partial charge in [0.25, 0.3) is 0 Å². The summed E-state index contributed by atoms with van der Waals surface area (Å²) in [5.41, 5.74) is 14.1. The molecule has 49 heavy (non-hydrogen) atoms. The Morgan fingerprint density at radius 1 is 0.653 bits per heavy atom. The molecule has 252 valence electrons. The molecule has 3 unspecified atom stereocenters. The first kappa shape index (κ1) is 32.6. The first-order valence-electron chi connectivity index (χ1n) is 18.9. The van der Waals surface area contributed by atoms with Gasteiger partial charge in [-0.25, -0.2) is 0 Å². The van der Waals surface area contributed by atoms with Gasteiger partial charge in [-0.05, 0) is 94.2 Å². The van der Waals surface area contributed by atoms with E-state index in [1.807, 2.05) is 0 Å². The summed E-state index contributed by atoms with van der Waals surface area (Å²) in [5, 5.41) is 0. The Kier molecular flexibility index (Phi) is 6.94. The van der Waals surface area contributed by atoms with Crippen molar-refractivity contribution in [2.45, 2.75) is 93.9 Å². The largest absolute Gasteiger partial charge is 0.0842 e. The van der Waals surface area contributed by atoms with Crippen LogP contribution in [0.3, 0.4) is 0 Å². The number of rotatable bonds is 4. The molecule has 0 bridgehead atoms. The van der Waals surface area contributed by atoms with Crippen LogP contribution < -0.4 is 0 Å². The molecule has 0 radical (unpaired) electrons. The molecule has 0 heteroatoms. The van der Waals surface area contributed by atoms with Crippen molar-refractivity contribution in [3.63, 3.8) is 0 Å². The fourth-order valence-electron chi connectivity index (χ4n) is 12.4. The molecule has 0 heterocycles. The van der Waals surface area contributed by atoms with Gasteiger partial charge in [-0.2, -0.15) is 0 Å². The minimum absolute atomic E-state index is 0.000388. The van der Waals surface area contributed by atoms with Gasteiger partial charge in [0.05, 0.1) is 0 Å². The first-order valence-corrected chi connectivity index (χ1v) is 18.9. The standard InChI is InChI=1S/C49H56/c1-32-23-27-36(28-24-32)49(35-18-12-13-19-35,37-29-25-33(2)26-30-37)48(10)43-40-31-34-17-11-14-20-38(34)42(40)39-21-15-16-22-41(39)47(43,9)45(5,6)44(3,4)46(48,7)8/h11-15,17-21,23-30,35,41H,16,22,31H2,1-10H3. The van der Waals surface area contributed by atoms with E-state index in [0.29, 0.717) is 5.92 Å². The highest BCUT2D eigenvalue weighted by atomic mass is 14.8. The second-order valence-corrected chi connectivity index (χ2v) is 18.1. The molecule has 0 spiro atoms. The highest BCUT2D eigenvalue weighted by molar-refractivity contribution is 5.92. The van der Waals surface area contributed by atoms with Gasteiger partial charge >= 0.3 is 0 Å². The Labute approximate surface area is 296 Å². The van der Waals surface area contributed by atoms with Crippen molar-refractivity contribution in [1.82, 2.24) is 0 Å². The van der Waals surface area contributed by atoms with E-state index >= 15 is 0 Å². The molecule has 0 nitrogen and oxygen atoms in total. The van der Waals surface area contributed by atoms with E-state index in [2.05, 4.69) is 178 Å². The van der Waals surface area contributed by atoms with Crippen LogP contribution in [0.5, 0.6) is 0 Å². The van der Waals surface area contributed by atoms with Crippen molar-refractivity contribution in [1.29, 1.82) is 0 Å². The van der Waals surface area contributed by atoms with Gasteiger partial charge in [-0.3, -0.25) is 0 Å². The van der Waals surface area contributed by atoms with Gasteiger partial charge in [0.2, 0.25) is 0 Å². The Hall–Kier alpha value is -3.64. The van der Waals surface area contributed by atoms with Crippen LogP contribution >= 0.6 is 0 Å². The molecule has 1 fully saturated rings. The third-order valence-electron chi connectivity index (χ3n) is 16.3. The van der Waals surface area contributed by atoms with Gasteiger partial charge in [0.15, 0.2) is 0 Å². The normalized spacial score (nSPS) is 29.1. The fraction of sp³-hybridized carbons (Fsp3) is 0.429. The van der Waals surface area contributed by atoms with Crippen LogP contribution in [0.15, 0.2) is 126 Å². The molecule has 5 aliphatic rings. The quantitative estimate of drug-likeness (QED) is 0.265. The Balaban J connectivity index is 1.63. The van der Waals surface area contributed by atoms with Crippen LogP contribution in [0.2, 0.25) is 0 Å². The number of allylic oxidation sites excluding steroid dienone is 10. The van der Waals surface area contributed by atoms with Gasteiger partial charge in [-0.1, -0.05) is 181 Å². The van der Waals surface area contributed by atoms with Crippen LogP contribution in [0, 0.1) is 52.8 Å². The molecule has 3 aromatic rings. The van der Waals surface area contributed by atoms with Crippen LogP contribution in [0.25, 0.3) is 5.57 Å². The number of hydrogen-bond donors (Lipinski definition) is 0. The average molecular weight is 645 g/mol. The summed E-state index contributed by atoms with van der Waals surface area (Å²) in [7, 11) is 0. The zero-order valence-corrected chi connectivity index (χ0v) is 31.7. The highest BCUT2D eigenvalue weighted by Crippen LogP contribution is 2.83. The van der Waals surface area contributed by atoms with Crippen molar-refractivity contribution in [2.24, 2.45) is 38.9 Å². The minimum Gasteiger partial charge on any atom is -0.0842 e. The monoisotopic (exact) mass is 644 g/mol. The molecule has 0 aromatic heterocycles. The van der Waals surface area contributed by atoms with E-state index in [0.717, 1.165) is 12.8 Å². The van der Waals surface area contributed by atoms with Crippen molar-refractivity contribution >= 4 is 5.57 Å². The molecular weight excluding hydrogens is 589 g/mol. The van der Waals surface area contributed by atoms with E-state index in [1.165, 1.54) is 39.8 Å². The molecule has 5 aliphatic carbocycles. The highest BCUT2D eigenvalue weighted by Gasteiger charge is 2.77. The lowest BCUT2D eigenvalue weighted by Crippen LogP contribution is -2.73. The van der Waals surface area contributed by atoms with E-state index in [1.54, 1.807) is 22.3 Å². The van der Waals surface area contributed by atoms with Gasteiger partial charge in [0.1, 0.15) is 0 Å². The molecule has 0 N–H and O–H groups in total. The smallest absolute Gasteiger partial charge is 0.0396 e. The summed E-state index contributed by atoms with van der Waals surface area (Å²) in [4.78, 5) is 0. The number of hydrogen-bond acceptors (Lipinski definition) is 0. The molecule has 1 saturated carbocycles. The zero-order chi connectivity index (χ0) is 34.8. The van der Waals surface area contributed by atoms with Crippen LogP contribution in [0.4, 0.5) is 0 Å². The minimum atomic E-state index is -0.374. The fourth-order valence-corrected chi connectivity index (χ4v) is 12.4. The van der Waals surface area contributed by atoms with Crippen molar-refractivity contribution in [3.05, 3.63) is 159 Å². The third-order valence-corrected chi connectivity index (χ3v) is 16.3. The topological polar surface area (TPSA) is 0 Å². The predicted octanol–water partition coefficient (Wildman–Crippen LogP) is 12.7. The lowest BCUT2D eigenvalue weighted by Gasteiger charge is -2.78. The SMILES string of the molecule is Cc1ccc(C(c2ccc(C)cc2)(C2C=CC=C2)C2(C)C3=C4Cc5ccccc5C4=C4C=CCCC4C3(C)C(C)(C)C(C)(C)C2(C)C)cc1. The lowest BCUT2D eigenvalue weighted by molar-refractivity contribution is -0.212. The molecule has 0 aliphatic heterocycles. The molecule has 0 saturated heterocycles. The summed E-state index contributed by atoms with van der Waals surface area (Å²) >= 11 is 0. The second-order valence-electron chi connectivity index (χ2n) is 18.1. The van der Waals surface area contributed by atoms with Gasteiger partial charge in [-0.15, -0.1) is 0 Å². The Morgan fingerprint density at radius 2 is 1.22 bits per heavy atom. The molecule has 0 amide bonds. The Morgan fingerprint density at radius 3 is 1.82 bits per heavy atom. The lowest BCUT2D eigenvalue weighted by atomic mass is 9.25. The summed E-state index contributed by atoms with van der Waals surface area (Å²) in [6.45, 7) is 25.8. The maximum absolute atomic E-state index is 2.74. The summed E-state index contributed by atoms with van der Waals surface area (Å²) in [6.07, 6.45) is 18.0. The van der Waals surface area contributed by atoms with Gasteiger partial charge in [0, 0.05) is 22.2 Å². The van der Waals surface area contributed by atoms with Crippen LogP contribution in [-0.4, -0.2) is 0 Å². The molecule has 3 atom stereocenters. The second kappa shape index (κ2) is 10.4. The van der Waals surface area contributed by atoms with Gasteiger partial charge < -0.3 is 0 Å². The van der Waals surface area contributed by atoms with E-state index < -0.39 is 0 Å². The van der Waals surface area contributed by atoms with E-state index in [-0.39, 0.29) is 38.4 Å². The van der Waals surface area contributed by atoms with E-state index in [9.17, 15) is 0 Å². The summed E-state index contributed by atoms with van der Waals surface area (Å²) in [5.74, 6) is 0.644. The summed E-state index contributed by atoms with van der Waals surface area (Å²) < 4.78 is 0. The number of benzene rings is 3. The predicted molar refractivity (Wildman–Crippen MR) is 208 cm³/mol. The van der Waals surface area contributed by atoms with Crippen LogP contribution in [-0.2, 0) is 11.8 Å². The third kappa shape index (κ3) is 3.72. The van der Waals surface area contributed by atoms with Crippen molar-refractivity contribution in [3.8, 4) is 0 Å². The molecule has 8 rings (SSSR count). The first-order chi connectivity index (χ1) is 23.2. The maximum Gasteiger partial charge on any atom is 0.0396 e. The number of fused-ring (bicyclic) bond motifs is 6. The zero-order valence-electron chi connectivity index (χ0n) is 31.7. The molecular formula is C49H56. The van der Waals surface area contributed by atoms with Crippen molar-refractivity contribution < 1.29 is 0 Å². The maximum atomic E-state index is 2.74. The average Bonchev–Trinajstić information content (AvgIpc) is 3.75. The summed E-state index contributed by atoms with van der Waals surface area (Å²) in [6, 6.07) is 28.8. The number of aryl methyl sites for hydroxylation is 2. The van der Waals surface area contributed by atoms with Crippen LogP contribution in [0.1, 0.15) is 102 Å². The van der Waals surface area contributed by atoms with E-state index in [4.69, 9.17) is 0 Å². The van der Waals surface area contributed by atoms with Crippen molar-refractivity contribution in [2.75, 3.05) is 0 Å².